The molecular weight excluding hydrogens is 296 g/mol. The molecule has 0 unspecified atom stereocenters. The molecule has 0 saturated carbocycles. The lowest BCUT2D eigenvalue weighted by molar-refractivity contribution is -0.124. The lowest BCUT2D eigenvalue weighted by Crippen LogP contribution is -2.43. The van der Waals surface area contributed by atoms with Crippen LogP contribution in [-0.4, -0.2) is 38.3 Å². The van der Waals surface area contributed by atoms with E-state index in [4.69, 9.17) is 4.74 Å². The summed E-state index contributed by atoms with van der Waals surface area (Å²) >= 11 is 0. The van der Waals surface area contributed by atoms with E-state index in [0.29, 0.717) is 18.2 Å². The maximum Gasteiger partial charge on any atom is 0.258 e. The number of anilines is 1. The Hall–Kier alpha value is -2.64. The molecule has 2 rings (SSSR count). The van der Waals surface area contributed by atoms with Crippen LogP contribution in [0.4, 0.5) is 5.95 Å². The van der Waals surface area contributed by atoms with Crippen LogP contribution >= 0.6 is 0 Å². The minimum Gasteiger partial charge on any atom is -0.483 e. The number of amides is 1. The van der Waals surface area contributed by atoms with Crippen LogP contribution in [0.3, 0.4) is 0 Å². The number of carbonyl (C=O) groups is 1. The Labute approximate surface area is 135 Å². The summed E-state index contributed by atoms with van der Waals surface area (Å²) in [7, 11) is 1.75. The van der Waals surface area contributed by atoms with E-state index in [1.807, 2.05) is 45.0 Å². The maximum atomic E-state index is 11.9. The molecule has 0 aliphatic heterocycles. The predicted octanol–water partition coefficient (Wildman–Crippen LogP) is 1.12. The zero-order valence-electron chi connectivity index (χ0n) is 13.8. The largest absolute Gasteiger partial charge is 0.483 e. The van der Waals surface area contributed by atoms with Crippen LogP contribution in [0.5, 0.6) is 5.75 Å². The topological polar surface area (TPSA) is 94.0 Å². The van der Waals surface area contributed by atoms with Crippen molar-refractivity contribution in [1.29, 1.82) is 0 Å². The molecule has 1 aromatic heterocycles. The molecule has 8 heteroatoms. The van der Waals surface area contributed by atoms with E-state index in [1.165, 1.54) is 0 Å². The number of para-hydroxylation sites is 1. The molecule has 8 nitrogen and oxygen atoms in total. The molecule has 0 bridgehead atoms. The number of rotatable bonds is 6. The second kappa shape index (κ2) is 7.08. The van der Waals surface area contributed by atoms with E-state index in [-0.39, 0.29) is 18.1 Å². The van der Waals surface area contributed by atoms with Gasteiger partial charge >= 0.3 is 0 Å². The van der Waals surface area contributed by atoms with Crippen molar-refractivity contribution in [2.24, 2.45) is 7.05 Å². The number of ether oxygens (including phenoxy) is 1. The molecule has 0 radical (unpaired) electrons. The number of benzene rings is 1. The van der Waals surface area contributed by atoms with Crippen LogP contribution in [0.2, 0.25) is 0 Å². The van der Waals surface area contributed by atoms with E-state index in [1.54, 1.807) is 11.7 Å². The third-order valence-electron chi connectivity index (χ3n) is 2.90. The number of nitrogens with zero attached hydrogens (tertiary/aromatic N) is 4. The molecule has 23 heavy (non-hydrogen) atoms. The molecule has 0 spiro atoms. The van der Waals surface area contributed by atoms with Crippen LogP contribution in [0.15, 0.2) is 24.3 Å². The number of aryl methyl sites for hydroxylation is 1. The molecule has 1 amide bonds. The summed E-state index contributed by atoms with van der Waals surface area (Å²) < 4.78 is 7.18. The summed E-state index contributed by atoms with van der Waals surface area (Å²) in [5.74, 6) is 1.06. The quantitative estimate of drug-likeness (QED) is 0.829. The fourth-order valence-corrected chi connectivity index (χ4v) is 1.94. The van der Waals surface area contributed by atoms with Gasteiger partial charge in [0.2, 0.25) is 5.95 Å². The summed E-state index contributed by atoms with van der Waals surface area (Å²) in [6.07, 6.45) is 0. The Kier molecular flexibility index (Phi) is 5.15. The normalized spacial score (nSPS) is 11.1. The monoisotopic (exact) mass is 318 g/mol. The second-order valence-electron chi connectivity index (χ2n) is 6.17. The first kappa shape index (κ1) is 16.7. The highest BCUT2D eigenvalue weighted by Crippen LogP contribution is 2.19. The van der Waals surface area contributed by atoms with Crippen molar-refractivity contribution in [3.05, 3.63) is 29.8 Å². The van der Waals surface area contributed by atoms with Gasteiger partial charge in [0.25, 0.3) is 5.91 Å². The van der Waals surface area contributed by atoms with Crippen molar-refractivity contribution in [3.63, 3.8) is 0 Å². The van der Waals surface area contributed by atoms with Gasteiger partial charge in [0.1, 0.15) is 5.75 Å². The van der Waals surface area contributed by atoms with Crippen LogP contribution in [0.1, 0.15) is 26.3 Å². The summed E-state index contributed by atoms with van der Waals surface area (Å²) in [6, 6.07) is 7.53. The zero-order chi connectivity index (χ0) is 16.9. The lowest BCUT2D eigenvalue weighted by atomic mass is 10.1. The van der Waals surface area contributed by atoms with Gasteiger partial charge in [-0.05, 0) is 37.3 Å². The molecule has 124 valence electrons. The van der Waals surface area contributed by atoms with Gasteiger partial charge in [-0.15, -0.1) is 0 Å². The second-order valence-corrected chi connectivity index (χ2v) is 6.17. The first-order valence-corrected chi connectivity index (χ1v) is 7.33. The van der Waals surface area contributed by atoms with Crippen LogP contribution < -0.4 is 15.4 Å². The summed E-state index contributed by atoms with van der Waals surface area (Å²) in [5.41, 5.74) is 0.638. The zero-order valence-corrected chi connectivity index (χ0v) is 13.8. The predicted molar refractivity (Wildman–Crippen MR) is 86.0 cm³/mol. The van der Waals surface area contributed by atoms with Gasteiger partial charge in [0.15, 0.2) is 6.61 Å². The first-order chi connectivity index (χ1) is 10.8. The smallest absolute Gasteiger partial charge is 0.258 e. The van der Waals surface area contributed by atoms with Gasteiger partial charge in [0, 0.05) is 24.7 Å². The minimum absolute atomic E-state index is 0.0280. The Bertz CT molecular complexity index is 662. The average Bonchev–Trinajstić information content (AvgIpc) is 2.87. The van der Waals surface area contributed by atoms with Crippen LogP contribution in [0, 0.1) is 0 Å². The standard InChI is InChI=1S/C15H22N6O2/c1-15(2,3)17-13(22)10-23-12-8-6-5-7-11(12)9-16-14-18-19-20-21(14)4/h5-8H,9-10H2,1-4H3,(H,17,22)(H,16,18,20). The molecule has 0 aliphatic rings. The van der Waals surface area contributed by atoms with Gasteiger partial charge in [-0.1, -0.05) is 23.3 Å². The van der Waals surface area contributed by atoms with Gasteiger partial charge in [-0.2, -0.15) is 0 Å². The highest BCUT2D eigenvalue weighted by Gasteiger charge is 2.14. The SMILES string of the molecule is Cn1nnnc1NCc1ccccc1OCC(=O)NC(C)(C)C. The average molecular weight is 318 g/mol. The van der Waals surface area contributed by atoms with E-state index >= 15 is 0 Å². The molecule has 2 N–H and O–H groups in total. The fraction of sp³-hybridized carbons (Fsp3) is 0.467. The molecule has 0 fully saturated rings. The summed E-state index contributed by atoms with van der Waals surface area (Å²) in [4.78, 5) is 11.9. The van der Waals surface area contributed by atoms with Gasteiger partial charge in [0.05, 0.1) is 0 Å². The maximum absolute atomic E-state index is 11.9. The van der Waals surface area contributed by atoms with Gasteiger partial charge < -0.3 is 15.4 Å². The lowest BCUT2D eigenvalue weighted by Gasteiger charge is -2.20. The van der Waals surface area contributed by atoms with Crippen molar-refractivity contribution < 1.29 is 9.53 Å². The fourth-order valence-electron chi connectivity index (χ4n) is 1.94. The Morgan fingerprint density at radius 2 is 2.04 bits per heavy atom. The molecule has 2 aromatic rings. The van der Waals surface area contributed by atoms with Crippen molar-refractivity contribution in [2.75, 3.05) is 11.9 Å². The number of aromatic nitrogens is 4. The van der Waals surface area contributed by atoms with Crippen LogP contribution in [0.25, 0.3) is 0 Å². The number of hydrogen-bond acceptors (Lipinski definition) is 6. The highest BCUT2D eigenvalue weighted by atomic mass is 16.5. The minimum atomic E-state index is -0.278. The van der Waals surface area contributed by atoms with Crippen molar-refractivity contribution >= 4 is 11.9 Å². The van der Waals surface area contributed by atoms with Crippen molar-refractivity contribution in [2.45, 2.75) is 32.9 Å². The highest BCUT2D eigenvalue weighted by molar-refractivity contribution is 5.78. The van der Waals surface area contributed by atoms with E-state index < -0.39 is 0 Å². The third-order valence-corrected chi connectivity index (χ3v) is 2.90. The molecule has 0 atom stereocenters. The Morgan fingerprint density at radius 1 is 1.30 bits per heavy atom. The van der Waals surface area contributed by atoms with Gasteiger partial charge in [-0.25, -0.2) is 4.68 Å². The molecule has 1 aromatic carbocycles. The van der Waals surface area contributed by atoms with Crippen molar-refractivity contribution in [3.8, 4) is 5.75 Å². The molecule has 1 heterocycles. The number of nitrogens with one attached hydrogen (secondary N) is 2. The third kappa shape index (κ3) is 5.24. The van der Waals surface area contributed by atoms with E-state index in [2.05, 4.69) is 26.2 Å². The molecule has 0 saturated heterocycles. The Balaban J connectivity index is 1.95. The number of tetrazole rings is 1. The van der Waals surface area contributed by atoms with Gasteiger partial charge in [-0.3, -0.25) is 4.79 Å². The van der Waals surface area contributed by atoms with Crippen molar-refractivity contribution in [1.82, 2.24) is 25.5 Å². The Morgan fingerprint density at radius 3 is 2.70 bits per heavy atom. The number of carbonyl (C=O) groups excluding carboxylic acids is 1. The summed E-state index contributed by atoms with van der Waals surface area (Å²) in [6.45, 7) is 6.25. The van der Waals surface area contributed by atoms with E-state index in [9.17, 15) is 4.79 Å². The first-order valence-electron chi connectivity index (χ1n) is 7.33. The number of hydrogen-bond donors (Lipinski definition) is 2. The van der Waals surface area contributed by atoms with Crippen LogP contribution in [-0.2, 0) is 18.4 Å². The molecular formula is C15H22N6O2. The van der Waals surface area contributed by atoms with E-state index in [0.717, 1.165) is 5.56 Å². The summed E-state index contributed by atoms with van der Waals surface area (Å²) in [5, 5.41) is 17.2. The molecule has 0 aliphatic carbocycles.